The molecule has 0 saturated heterocycles. The molecule has 0 radical (unpaired) electrons. The van der Waals surface area contributed by atoms with Gasteiger partial charge in [-0.05, 0) is 22.9 Å². The number of aliphatic hydroxyl groups excluding tert-OH is 1. The lowest BCUT2D eigenvalue weighted by Crippen LogP contribution is -2.30. The summed E-state index contributed by atoms with van der Waals surface area (Å²) in [7, 11) is -8.95. The van der Waals surface area contributed by atoms with Gasteiger partial charge in [0.05, 0.1) is 39.7 Å². The van der Waals surface area contributed by atoms with Crippen LogP contribution in [0.1, 0.15) is 0 Å². The van der Waals surface area contributed by atoms with E-state index in [9.17, 15) is 21.9 Å². The number of aromatic nitrogens is 6. The molecule has 0 saturated carbocycles. The lowest BCUT2D eigenvalue weighted by molar-refractivity contribution is 0.205. The maximum absolute atomic E-state index is 13.0. The molecule has 0 amide bonds. The third kappa shape index (κ3) is 3.87. The van der Waals surface area contributed by atoms with Crippen molar-refractivity contribution in [2.75, 3.05) is 12.3 Å². The van der Waals surface area contributed by atoms with Crippen LogP contribution in [-0.4, -0.2) is 70.9 Å². The number of nitrogens with one attached hydrogen (secondary N) is 2. The van der Waals surface area contributed by atoms with Gasteiger partial charge >= 0.3 is 0 Å². The van der Waals surface area contributed by atoms with Crippen molar-refractivity contribution < 1.29 is 21.9 Å². The zero-order valence-electron chi connectivity index (χ0n) is 16.3. The van der Waals surface area contributed by atoms with E-state index >= 15 is 0 Å². The van der Waals surface area contributed by atoms with Crippen molar-refractivity contribution in [1.82, 2.24) is 30.6 Å². The van der Waals surface area contributed by atoms with Crippen LogP contribution in [0, 0.1) is 0 Å². The fraction of sp³-hybridized carbons (Fsp3) is 0.176. The maximum Gasteiger partial charge on any atom is 0.240 e. The zero-order chi connectivity index (χ0) is 23.1. The molecule has 13 nitrogen and oxygen atoms in total. The molecule has 0 fully saturated rings. The molecule has 168 valence electrons. The molecule has 0 bridgehead atoms. The summed E-state index contributed by atoms with van der Waals surface area (Å²) in [6.07, 6.45) is 0.0648. The average Bonchev–Trinajstić information content (AvgIpc) is 3.43. The molecule has 4 rings (SSSR count). The Kier molecular flexibility index (Phi) is 5.51. The van der Waals surface area contributed by atoms with Crippen LogP contribution in [0.2, 0.25) is 0 Å². The van der Waals surface area contributed by atoms with Crippen LogP contribution in [-0.2, 0) is 19.9 Å². The van der Waals surface area contributed by atoms with Gasteiger partial charge in [-0.3, -0.25) is 0 Å². The van der Waals surface area contributed by atoms with E-state index in [0.29, 0.717) is 16.6 Å². The highest BCUT2D eigenvalue weighted by Crippen LogP contribution is 2.40. The van der Waals surface area contributed by atoms with Gasteiger partial charge in [-0.1, -0.05) is 18.2 Å². The summed E-state index contributed by atoms with van der Waals surface area (Å²) in [6, 6.07) is 7.69. The molecule has 0 aliphatic carbocycles. The van der Waals surface area contributed by atoms with E-state index in [2.05, 4.69) is 30.6 Å². The number of fused-ring (bicyclic) bond motifs is 1. The molecule has 1 atom stereocenters. The van der Waals surface area contributed by atoms with Gasteiger partial charge in [0.2, 0.25) is 15.8 Å². The molecule has 7 N–H and O–H groups in total. The van der Waals surface area contributed by atoms with E-state index < -0.39 is 41.5 Å². The first-order chi connectivity index (χ1) is 15.1. The van der Waals surface area contributed by atoms with Gasteiger partial charge < -0.3 is 15.8 Å². The van der Waals surface area contributed by atoms with Crippen LogP contribution in [0.5, 0.6) is 0 Å². The summed E-state index contributed by atoms with van der Waals surface area (Å²) in [5, 5.41) is 28.7. The Bertz CT molecular complexity index is 1500. The van der Waals surface area contributed by atoms with E-state index in [1.165, 1.54) is 12.4 Å². The normalized spacial score (nSPS) is 13.5. The molecule has 0 spiro atoms. The summed E-state index contributed by atoms with van der Waals surface area (Å²) >= 11 is 0. The summed E-state index contributed by atoms with van der Waals surface area (Å²) in [5.74, 6) is -0.987. The molecule has 2 aromatic heterocycles. The molecule has 32 heavy (non-hydrogen) atoms. The van der Waals surface area contributed by atoms with Gasteiger partial charge in [0.15, 0.2) is 9.84 Å². The van der Waals surface area contributed by atoms with E-state index in [1.54, 1.807) is 18.2 Å². The Labute approximate surface area is 181 Å². The quantitative estimate of drug-likeness (QED) is 0.221. The minimum absolute atomic E-state index is 0.167. The van der Waals surface area contributed by atoms with Crippen molar-refractivity contribution in [2.24, 2.45) is 10.9 Å². The number of para-hydroxylation sites is 1. The van der Waals surface area contributed by atoms with Gasteiger partial charge in [0, 0.05) is 12.1 Å². The first-order valence-corrected chi connectivity index (χ1v) is 12.3. The van der Waals surface area contributed by atoms with Crippen molar-refractivity contribution in [3.8, 4) is 22.5 Å². The lowest BCUT2D eigenvalue weighted by atomic mass is 9.98. The highest BCUT2D eigenvalue weighted by Gasteiger charge is 2.33. The van der Waals surface area contributed by atoms with Crippen LogP contribution in [0.25, 0.3) is 33.5 Å². The topological polar surface area (TPSA) is 224 Å². The Morgan fingerprint density at radius 2 is 1.88 bits per heavy atom. The molecule has 0 unspecified atom stereocenters. The highest BCUT2D eigenvalue weighted by molar-refractivity contribution is 7.93. The first-order valence-electron chi connectivity index (χ1n) is 9.10. The summed E-state index contributed by atoms with van der Waals surface area (Å²) in [5.41, 5.74) is 7.09. The van der Waals surface area contributed by atoms with Gasteiger partial charge in [0.1, 0.15) is 4.90 Å². The maximum atomic E-state index is 13.0. The number of sulfone groups is 1. The predicted molar refractivity (Wildman–Crippen MR) is 113 cm³/mol. The highest BCUT2D eigenvalue weighted by atomic mass is 32.2. The third-order valence-electron chi connectivity index (χ3n) is 4.73. The first kappa shape index (κ1) is 22.0. The Balaban J connectivity index is 2.12. The number of nitrogens with two attached hydrogens (primary N) is 2. The molecule has 4 aromatic rings. The van der Waals surface area contributed by atoms with Crippen LogP contribution < -0.4 is 10.9 Å². The minimum Gasteiger partial charge on any atom is -0.391 e. The molecular formula is C17H18N8O5S2. The second-order valence-electron chi connectivity index (χ2n) is 6.87. The largest absolute Gasteiger partial charge is 0.391 e. The number of aliphatic hydroxyl groups is 1. The molecule has 2 aromatic carbocycles. The zero-order valence-corrected chi connectivity index (χ0v) is 17.9. The number of nitrogens with zero attached hydrogens (tertiary/aromatic N) is 4. The second-order valence-corrected chi connectivity index (χ2v) is 10.4. The smallest absolute Gasteiger partial charge is 0.240 e. The van der Waals surface area contributed by atoms with E-state index in [1.807, 2.05) is 0 Å². The summed E-state index contributed by atoms with van der Waals surface area (Å²) < 4.78 is 51.4. The number of sulfonamides is 1. The number of tetrazole rings is 1. The molecule has 15 heteroatoms. The Morgan fingerprint density at radius 3 is 2.53 bits per heavy atom. The number of benzene rings is 2. The SMILES string of the molecule is NC[C@H](O)CS(=O)(=O)c1ccc(-c2cccc3[nH]cnc23)c(-c2nn[nH]n2)c1S(N)(=O)=O. The second kappa shape index (κ2) is 8.03. The van der Waals surface area contributed by atoms with E-state index in [-0.39, 0.29) is 23.5 Å². The van der Waals surface area contributed by atoms with Crippen molar-refractivity contribution in [3.63, 3.8) is 0 Å². The average molecular weight is 479 g/mol. The predicted octanol–water partition coefficient (Wildman–Crippen LogP) is -0.849. The lowest BCUT2D eigenvalue weighted by Gasteiger charge is -2.17. The summed E-state index contributed by atoms with van der Waals surface area (Å²) in [4.78, 5) is 5.90. The fourth-order valence-corrected chi connectivity index (χ4v) is 6.44. The van der Waals surface area contributed by atoms with Crippen LogP contribution in [0.15, 0.2) is 46.5 Å². The molecule has 0 aliphatic heterocycles. The van der Waals surface area contributed by atoms with Crippen molar-refractivity contribution in [3.05, 3.63) is 36.7 Å². The number of imidazole rings is 1. The molecule has 0 aliphatic rings. The molecule has 2 heterocycles. The van der Waals surface area contributed by atoms with Crippen LogP contribution in [0.3, 0.4) is 0 Å². The van der Waals surface area contributed by atoms with Gasteiger partial charge in [-0.25, -0.2) is 27.0 Å². The third-order valence-corrected chi connectivity index (χ3v) is 7.69. The minimum atomic E-state index is -4.63. The van der Waals surface area contributed by atoms with E-state index in [0.717, 1.165) is 6.07 Å². The van der Waals surface area contributed by atoms with Gasteiger partial charge in [-0.15, -0.1) is 10.2 Å². The Morgan fingerprint density at radius 1 is 1.09 bits per heavy atom. The summed E-state index contributed by atoms with van der Waals surface area (Å²) in [6.45, 7) is -0.332. The number of hydrogen-bond acceptors (Lipinski definition) is 10. The Hall–Kier alpha value is -3.24. The van der Waals surface area contributed by atoms with E-state index in [4.69, 9.17) is 10.9 Å². The monoisotopic (exact) mass is 478 g/mol. The standard InChI is InChI=1S/C17H18N8O5S2/c18-6-9(26)7-31(27,28)13-5-4-10(11-2-1-3-12-15(11)21-8-20-12)14(16(13)32(19,29)30)17-22-24-25-23-17/h1-5,8-9,26H,6-7,18H2,(H,20,21)(H2,19,29,30)(H,22,23,24,25)/t9-/m0/s1. The van der Waals surface area contributed by atoms with Crippen molar-refractivity contribution in [1.29, 1.82) is 0 Å². The van der Waals surface area contributed by atoms with Gasteiger partial charge in [-0.2, -0.15) is 5.21 Å². The van der Waals surface area contributed by atoms with Crippen molar-refractivity contribution in [2.45, 2.75) is 15.9 Å². The number of rotatable bonds is 7. The number of aromatic amines is 2. The number of primary sulfonamides is 1. The number of hydrogen-bond donors (Lipinski definition) is 5. The van der Waals surface area contributed by atoms with Crippen LogP contribution >= 0.6 is 0 Å². The van der Waals surface area contributed by atoms with Gasteiger partial charge in [0.25, 0.3) is 0 Å². The molecular weight excluding hydrogens is 460 g/mol. The van der Waals surface area contributed by atoms with Crippen LogP contribution in [0.4, 0.5) is 0 Å². The van der Waals surface area contributed by atoms with Crippen molar-refractivity contribution >= 4 is 30.9 Å². The number of H-pyrrole nitrogens is 2. The fourth-order valence-electron chi connectivity index (χ4n) is 3.40.